The minimum absolute atomic E-state index is 0.795. The molecule has 0 unspecified atom stereocenters. The number of unbranched alkanes of at least 4 members (excludes halogenated alkanes) is 4. The summed E-state index contributed by atoms with van der Waals surface area (Å²) in [5, 5.41) is 4.95. The van der Waals surface area contributed by atoms with Crippen LogP contribution >= 0.6 is 11.8 Å². The van der Waals surface area contributed by atoms with Gasteiger partial charge in [-0.3, -0.25) is 0 Å². The quantitative estimate of drug-likeness (QED) is 0.485. The van der Waals surface area contributed by atoms with E-state index < -0.39 is 0 Å². The van der Waals surface area contributed by atoms with E-state index in [2.05, 4.69) is 37.2 Å². The van der Waals surface area contributed by atoms with Crippen molar-refractivity contribution in [3.8, 4) is 0 Å². The first-order valence-electron chi connectivity index (χ1n) is 9.09. The maximum absolute atomic E-state index is 4.01. The smallest absolute Gasteiger partial charge is 0.00704 e. The molecular formula is C18H37NS. The highest BCUT2D eigenvalue weighted by Gasteiger charge is 2.22. The fourth-order valence-corrected chi connectivity index (χ4v) is 4.13. The summed E-state index contributed by atoms with van der Waals surface area (Å²) < 4.78 is 0. The third-order valence-electron chi connectivity index (χ3n) is 4.79. The largest absolute Gasteiger partial charge is 0.311 e. The molecule has 0 aromatic carbocycles. The van der Waals surface area contributed by atoms with Crippen molar-refractivity contribution < 1.29 is 0 Å². The van der Waals surface area contributed by atoms with Crippen LogP contribution in [0.5, 0.6) is 0 Å². The average Bonchev–Trinajstić information content (AvgIpc) is 2.48. The summed E-state index contributed by atoms with van der Waals surface area (Å²) in [6, 6.07) is 1.61. The van der Waals surface area contributed by atoms with Crippen LogP contribution in [0.4, 0.5) is 0 Å². The Morgan fingerprint density at radius 3 is 1.90 bits per heavy atom. The maximum Gasteiger partial charge on any atom is 0.00704 e. The van der Waals surface area contributed by atoms with Crippen LogP contribution in [0.2, 0.25) is 0 Å². The number of hydrogen-bond acceptors (Lipinski definition) is 2. The monoisotopic (exact) mass is 299 g/mol. The highest BCUT2D eigenvalue weighted by Crippen LogP contribution is 2.27. The predicted molar refractivity (Wildman–Crippen MR) is 94.8 cm³/mol. The Bertz CT molecular complexity index is 201. The van der Waals surface area contributed by atoms with Gasteiger partial charge in [0, 0.05) is 17.3 Å². The van der Waals surface area contributed by atoms with Crippen molar-refractivity contribution in [2.75, 3.05) is 6.26 Å². The molecule has 1 nitrogen and oxygen atoms in total. The molecule has 1 saturated carbocycles. The van der Waals surface area contributed by atoms with E-state index >= 15 is 0 Å². The highest BCUT2D eigenvalue weighted by molar-refractivity contribution is 7.99. The van der Waals surface area contributed by atoms with Gasteiger partial charge in [0.25, 0.3) is 0 Å². The SMILES string of the molecule is CCCCCC(CCCCC)NC1CCC(SC)CC1. The predicted octanol–water partition coefficient (Wildman–Crippen LogP) is 5.78. The molecule has 2 heteroatoms. The zero-order valence-corrected chi connectivity index (χ0v) is 14.9. The summed E-state index contributed by atoms with van der Waals surface area (Å²) in [6.07, 6.45) is 19.1. The second-order valence-electron chi connectivity index (χ2n) is 6.56. The topological polar surface area (TPSA) is 12.0 Å². The van der Waals surface area contributed by atoms with Gasteiger partial charge in [0.15, 0.2) is 0 Å². The second-order valence-corrected chi connectivity index (χ2v) is 7.70. The van der Waals surface area contributed by atoms with Crippen LogP contribution in [0.15, 0.2) is 0 Å². The molecular weight excluding hydrogens is 262 g/mol. The lowest BCUT2D eigenvalue weighted by molar-refractivity contribution is 0.313. The lowest BCUT2D eigenvalue weighted by atomic mass is 9.92. The lowest BCUT2D eigenvalue weighted by Crippen LogP contribution is -2.41. The fraction of sp³-hybridized carbons (Fsp3) is 1.00. The molecule has 0 aliphatic heterocycles. The van der Waals surface area contributed by atoms with Gasteiger partial charge in [-0.2, -0.15) is 11.8 Å². The fourth-order valence-electron chi connectivity index (χ4n) is 3.39. The van der Waals surface area contributed by atoms with E-state index in [1.54, 1.807) is 0 Å². The molecule has 1 fully saturated rings. The second kappa shape index (κ2) is 11.9. The van der Waals surface area contributed by atoms with Crippen molar-refractivity contribution >= 4 is 11.8 Å². The molecule has 0 bridgehead atoms. The molecule has 0 saturated heterocycles. The van der Waals surface area contributed by atoms with Crippen molar-refractivity contribution in [2.24, 2.45) is 0 Å². The van der Waals surface area contributed by atoms with Crippen molar-refractivity contribution in [2.45, 2.75) is 108 Å². The van der Waals surface area contributed by atoms with Gasteiger partial charge in [0.05, 0.1) is 0 Å². The standard InChI is InChI=1S/C18H37NS/c1-4-6-8-10-16(11-9-7-5-2)19-17-12-14-18(20-3)15-13-17/h16-19H,4-15H2,1-3H3. The van der Waals surface area contributed by atoms with Crippen LogP contribution in [0.25, 0.3) is 0 Å². The van der Waals surface area contributed by atoms with E-state index in [4.69, 9.17) is 0 Å². The van der Waals surface area contributed by atoms with Crippen LogP contribution in [0.3, 0.4) is 0 Å². The van der Waals surface area contributed by atoms with Crippen LogP contribution in [0.1, 0.15) is 90.9 Å². The van der Waals surface area contributed by atoms with Crippen LogP contribution in [0, 0.1) is 0 Å². The lowest BCUT2D eigenvalue weighted by Gasteiger charge is -2.32. The summed E-state index contributed by atoms with van der Waals surface area (Å²) in [6.45, 7) is 4.62. The summed E-state index contributed by atoms with van der Waals surface area (Å²) in [4.78, 5) is 0. The molecule has 0 atom stereocenters. The zero-order valence-electron chi connectivity index (χ0n) is 14.1. The van der Waals surface area contributed by atoms with Gasteiger partial charge in [-0.25, -0.2) is 0 Å². The van der Waals surface area contributed by atoms with E-state index in [0.29, 0.717) is 0 Å². The van der Waals surface area contributed by atoms with E-state index in [-0.39, 0.29) is 0 Å². The zero-order chi connectivity index (χ0) is 14.6. The molecule has 0 radical (unpaired) electrons. The Kier molecular flexibility index (Phi) is 10.9. The normalized spacial score (nSPS) is 23.4. The Morgan fingerprint density at radius 2 is 1.45 bits per heavy atom. The Hall–Kier alpha value is 0.310. The van der Waals surface area contributed by atoms with E-state index in [9.17, 15) is 0 Å². The number of rotatable bonds is 11. The number of nitrogens with one attached hydrogen (secondary N) is 1. The van der Waals surface area contributed by atoms with E-state index in [1.807, 2.05) is 0 Å². The van der Waals surface area contributed by atoms with Crippen molar-refractivity contribution in [1.29, 1.82) is 0 Å². The third kappa shape index (κ3) is 7.93. The van der Waals surface area contributed by atoms with Gasteiger partial charge < -0.3 is 5.32 Å². The molecule has 1 N–H and O–H groups in total. The molecule has 1 aliphatic carbocycles. The van der Waals surface area contributed by atoms with Crippen molar-refractivity contribution in [3.05, 3.63) is 0 Å². The molecule has 0 spiro atoms. The Balaban J connectivity index is 2.26. The van der Waals surface area contributed by atoms with Gasteiger partial charge >= 0.3 is 0 Å². The summed E-state index contributed by atoms with van der Waals surface area (Å²) >= 11 is 2.07. The van der Waals surface area contributed by atoms with Crippen molar-refractivity contribution in [3.63, 3.8) is 0 Å². The third-order valence-corrected chi connectivity index (χ3v) is 5.93. The van der Waals surface area contributed by atoms with Gasteiger partial charge in [-0.1, -0.05) is 52.4 Å². The average molecular weight is 300 g/mol. The van der Waals surface area contributed by atoms with Gasteiger partial charge in [0.2, 0.25) is 0 Å². The first-order chi connectivity index (χ1) is 9.80. The molecule has 0 aromatic heterocycles. The van der Waals surface area contributed by atoms with Crippen LogP contribution in [-0.4, -0.2) is 23.6 Å². The molecule has 0 heterocycles. The Morgan fingerprint density at radius 1 is 0.900 bits per heavy atom. The summed E-state index contributed by atoms with van der Waals surface area (Å²) in [5.74, 6) is 0. The summed E-state index contributed by atoms with van der Waals surface area (Å²) in [5.41, 5.74) is 0. The first kappa shape index (κ1) is 18.4. The molecule has 0 amide bonds. The number of hydrogen-bond donors (Lipinski definition) is 1. The van der Waals surface area contributed by atoms with Gasteiger partial charge in [0.1, 0.15) is 0 Å². The van der Waals surface area contributed by atoms with E-state index in [0.717, 1.165) is 17.3 Å². The van der Waals surface area contributed by atoms with Gasteiger partial charge in [-0.05, 0) is 44.8 Å². The minimum Gasteiger partial charge on any atom is -0.311 e. The maximum atomic E-state index is 4.01. The molecule has 20 heavy (non-hydrogen) atoms. The van der Waals surface area contributed by atoms with E-state index in [1.165, 1.54) is 77.0 Å². The van der Waals surface area contributed by atoms with Crippen LogP contribution in [-0.2, 0) is 0 Å². The highest BCUT2D eigenvalue weighted by atomic mass is 32.2. The molecule has 0 aromatic rings. The van der Waals surface area contributed by atoms with Crippen molar-refractivity contribution in [1.82, 2.24) is 5.32 Å². The summed E-state index contributed by atoms with van der Waals surface area (Å²) in [7, 11) is 0. The Labute approximate surface area is 132 Å². The minimum atomic E-state index is 0.795. The molecule has 1 rings (SSSR count). The number of thioether (sulfide) groups is 1. The molecule has 1 aliphatic rings. The van der Waals surface area contributed by atoms with Crippen LogP contribution < -0.4 is 5.32 Å². The molecule has 120 valence electrons. The first-order valence-corrected chi connectivity index (χ1v) is 10.4. The van der Waals surface area contributed by atoms with Gasteiger partial charge in [-0.15, -0.1) is 0 Å².